The monoisotopic (exact) mass is 463 g/mol. The van der Waals surface area contributed by atoms with Gasteiger partial charge in [0, 0.05) is 29.5 Å². The number of aromatic nitrogens is 3. The lowest BCUT2D eigenvalue weighted by molar-refractivity contribution is 0.0698. The Labute approximate surface area is 200 Å². The van der Waals surface area contributed by atoms with E-state index in [0.29, 0.717) is 28.1 Å². The highest BCUT2D eigenvalue weighted by atomic mass is 16.5. The minimum atomic E-state index is -1.05. The van der Waals surface area contributed by atoms with Crippen LogP contribution < -0.4 is 4.74 Å². The van der Waals surface area contributed by atoms with E-state index in [1.807, 2.05) is 73.1 Å². The van der Waals surface area contributed by atoms with Crippen LogP contribution in [-0.2, 0) is 6.61 Å². The summed E-state index contributed by atoms with van der Waals surface area (Å²) in [6.45, 7) is 4.13. The van der Waals surface area contributed by atoms with Crippen LogP contribution in [0.15, 0.2) is 77.6 Å². The summed E-state index contributed by atoms with van der Waals surface area (Å²) in [5, 5.41) is 11.6. The molecule has 0 aliphatic heterocycles. The molecule has 0 radical (unpaired) electrons. The molecule has 35 heavy (non-hydrogen) atoms. The van der Waals surface area contributed by atoms with E-state index >= 15 is 0 Å². The number of para-hydroxylation sites is 1. The molecule has 0 unspecified atom stereocenters. The highest BCUT2D eigenvalue weighted by molar-refractivity contribution is 6.07. The molecule has 6 aromatic rings. The Morgan fingerprint density at radius 3 is 2.77 bits per heavy atom. The number of hydrogen-bond donors (Lipinski definition) is 1. The van der Waals surface area contributed by atoms with Crippen molar-refractivity contribution in [1.29, 1.82) is 0 Å². The number of carbonyl (C=O) groups is 1. The fourth-order valence-electron chi connectivity index (χ4n) is 4.47. The van der Waals surface area contributed by atoms with E-state index in [9.17, 15) is 9.90 Å². The number of pyridine rings is 2. The molecular formula is C28H21N3O4. The lowest BCUT2D eigenvalue weighted by Crippen LogP contribution is -2.04. The third kappa shape index (κ3) is 3.49. The average molecular weight is 463 g/mol. The standard InChI is InChI=1S/C28H21N3O4/c1-16-7-8-23(34-15-18-9-11-31-12-10-29-24(31)13-18)25-20(28(32)33)14-21(30-26(16)25)27-17(2)19-5-3-4-6-22(19)35-27/h3-14H,15H2,1-2H3,(H,32,33). The summed E-state index contributed by atoms with van der Waals surface area (Å²) in [6, 6.07) is 16.9. The number of fused-ring (bicyclic) bond motifs is 3. The van der Waals surface area contributed by atoms with Crippen LogP contribution in [0.1, 0.15) is 27.0 Å². The van der Waals surface area contributed by atoms with Gasteiger partial charge in [-0.25, -0.2) is 14.8 Å². The number of aryl methyl sites for hydroxylation is 2. The van der Waals surface area contributed by atoms with Crippen molar-refractivity contribution in [1.82, 2.24) is 14.4 Å². The van der Waals surface area contributed by atoms with Crippen LogP contribution >= 0.6 is 0 Å². The molecule has 0 saturated carbocycles. The van der Waals surface area contributed by atoms with Gasteiger partial charge in [0.1, 0.15) is 29.3 Å². The molecule has 0 bridgehead atoms. The molecule has 0 atom stereocenters. The molecule has 0 amide bonds. The normalized spacial score (nSPS) is 11.5. The van der Waals surface area contributed by atoms with Gasteiger partial charge in [0.15, 0.2) is 5.76 Å². The summed E-state index contributed by atoms with van der Waals surface area (Å²) in [5.41, 5.74) is 5.42. The summed E-state index contributed by atoms with van der Waals surface area (Å²) >= 11 is 0. The second-order valence-corrected chi connectivity index (χ2v) is 8.53. The minimum Gasteiger partial charge on any atom is -0.488 e. The molecule has 4 heterocycles. The molecule has 0 saturated heterocycles. The predicted molar refractivity (Wildman–Crippen MR) is 133 cm³/mol. The third-order valence-corrected chi connectivity index (χ3v) is 6.29. The van der Waals surface area contributed by atoms with E-state index < -0.39 is 5.97 Å². The first-order valence-electron chi connectivity index (χ1n) is 11.2. The molecule has 6 rings (SSSR count). The van der Waals surface area contributed by atoms with Gasteiger partial charge in [0.05, 0.1) is 16.5 Å². The maximum Gasteiger partial charge on any atom is 0.336 e. The van der Waals surface area contributed by atoms with E-state index in [-0.39, 0.29) is 12.2 Å². The van der Waals surface area contributed by atoms with Crippen LogP contribution in [0.4, 0.5) is 0 Å². The molecule has 7 nitrogen and oxygen atoms in total. The predicted octanol–water partition coefficient (Wildman–Crippen LogP) is 6.19. The molecular weight excluding hydrogens is 442 g/mol. The van der Waals surface area contributed by atoms with Crippen molar-refractivity contribution in [2.45, 2.75) is 20.5 Å². The number of benzene rings is 2. The quantitative estimate of drug-likeness (QED) is 0.328. The van der Waals surface area contributed by atoms with Gasteiger partial charge in [0.25, 0.3) is 0 Å². The Balaban J connectivity index is 1.47. The van der Waals surface area contributed by atoms with Crippen molar-refractivity contribution in [2.24, 2.45) is 0 Å². The van der Waals surface area contributed by atoms with Crippen LogP contribution in [0.5, 0.6) is 5.75 Å². The lowest BCUT2D eigenvalue weighted by Gasteiger charge is -2.14. The first-order valence-corrected chi connectivity index (χ1v) is 11.2. The summed E-state index contributed by atoms with van der Waals surface area (Å²) in [7, 11) is 0. The fourth-order valence-corrected chi connectivity index (χ4v) is 4.47. The highest BCUT2D eigenvalue weighted by Gasteiger charge is 2.21. The first-order chi connectivity index (χ1) is 17.0. The van der Waals surface area contributed by atoms with Gasteiger partial charge in [-0.05, 0) is 55.3 Å². The molecule has 4 aromatic heterocycles. The van der Waals surface area contributed by atoms with Gasteiger partial charge in [-0.1, -0.05) is 24.3 Å². The number of ether oxygens (including phenoxy) is 1. The Morgan fingerprint density at radius 1 is 1.09 bits per heavy atom. The number of carboxylic acids is 1. The molecule has 1 N–H and O–H groups in total. The van der Waals surface area contributed by atoms with Gasteiger partial charge in [-0.2, -0.15) is 0 Å². The van der Waals surface area contributed by atoms with Crippen molar-refractivity contribution in [2.75, 3.05) is 0 Å². The van der Waals surface area contributed by atoms with Crippen molar-refractivity contribution < 1.29 is 19.1 Å². The smallest absolute Gasteiger partial charge is 0.336 e. The molecule has 0 aliphatic rings. The van der Waals surface area contributed by atoms with Gasteiger partial charge in [0.2, 0.25) is 0 Å². The topological polar surface area (TPSA) is 89.9 Å². The van der Waals surface area contributed by atoms with E-state index in [0.717, 1.165) is 33.3 Å². The second-order valence-electron chi connectivity index (χ2n) is 8.53. The molecule has 2 aromatic carbocycles. The summed E-state index contributed by atoms with van der Waals surface area (Å²) in [6.07, 6.45) is 5.53. The van der Waals surface area contributed by atoms with Gasteiger partial charge < -0.3 is 18.7 Å². The van der Waals surface area contributed by atoms with Gasteiger partial charge in [-0.15, -0.1) is 0 Å². The Bertz CT molecular complexity index is 1760. The highest BCUT2D eigenvalue weighted by Crippen LogP contribution is 2.37. The average Bonchev–Trinajstić information content (AvgIpc) is 3.47. The van der Waals surface area contributed by atoms with Gasteiger partial charge in [-0.3, -0.25) is 0 Å². The zero-order valence-electron chi connectivity index (χ0n) is 19.1. The Hall–Kier alpha value is -4.65. The van der Waals surface area contributed by atoms with Crippen LogP contribution in [0.3, 0.4) is 0 Å². The minimum absolute atomic E-state index is 0.118. The largest absolute Gasteiger partial charge is 0.488 e. The number of imidazole rings is 1. The van der Waals surface area contributed by atoms with Crippen LogP contribution in [0.25, 0.3) is 39.0 Å². The second kappa shape index (κ2) is 7.99. The summed E-state index contributed by atoms with van der Waals surface area (Å²) in [4.78, 5) is 21.5. The number of hydrogen-bond acceptors (Lipinski definition) is 5. The maximum absolute atomic E-state index is 12.4. The molecule has 7 heteroatoms. The number of carboxylic acid groups (broad SMARTS) is 1. The number of furan rings is 1. The van der Waals surface area contributed by atoms with E-state index in [1.165, 1.54) is 0 Å². The number of aromatic carboxylic acids is 1. The fraction of sp³-hybridized carbons (Fsp3) is 0.107. The Kier molecular flexibility index (Phi) is 4.77. The summed E-state index contributed by atoms with van der Waals surface area (Å²) in [5.74, 6) is -0.0254. The third-order valence-electron chi connectivity index (χ3n) is 6.29. The van der Waals surface area contributed by atoms with Crippen LogP contribution in [0.2, 0.25) is 0 Å². The molecule has 172 valence electrons. The van der Waals surface area contributed by atoms with E-state index in [1.54, 1.807) is 18.3 Å². The first kappa shape index (κ1) is 20.9. The Morgan fingerprint density at radius 2 is 1.94 bits per heavy atom. The zero-order chi connectivity index (χ0) is 24.1. The molecule has 0 spiro atoms. The van der Waals surface area contributed by atoms with Crippen LogP contribution in [0, 0.1) is 13.8 Å². The van der Waals surface area contributed by atoms with Crippen molar-refractivity contribution in [3.8, 4) is 17.2 Å². The van der Waals surface area contributed by atoms with E-state index in [2.05, 4.69) is 4.98 Å². The van der Waals surface area contributed by atoms with Crippen LogP contribution in [-0.4, -0.2) is 25.4 Å². The van der Waals surface area contributed by atoms with E-state index in [4.69, 9.17) is 14.1 Å². The maximum atomic E-state index is 12.4. The van der Waals surface area contributed by atoms with Crippen molar-refractivity contribution in [3.63, 3.8) is 0 Å². The van der Waals surface area contributed by atoms with Crippen molar-refractivity contribution in [3.05, 3.63) is 95.4 Å². The number of nitrogens with zero attached hydrogens (tertiary/aromatic N) is 3. The number of rotatable bonds is 5. The van der Waals surface area contributed by atoms with Crippen molar-refractivity contribution >= 4 is 33.5 Å². The molecule has 0 aliphatic carbocycles. The molecule has 0 fully saturated rings. The lowest BCUT2D eigenvalue weighted by atomic mass is 10.0. The van der Waals surface area contributed by atoms with Gasteiger partial charge >= 0.3 is 5.97 Å². The SMILES string of the molecule is Cc1c(-c2cc(C(=O)O)c3c(OCc4ccn5ccnc5c4)ccc(C)c3n2)oc2ccccc12. The zero-order valence-corrected chi connectivity index (χ0v) is 19.1. The summed E-state index contributed by atoms with van der Waals surface area (Å²) < 4.78 is 14.1.